The van der Waals surface area contributed by atoms with Gasteiger partial charge in [-0.05, 0) is 29.7 Å². The second-order valence-corrected chi connectivity index (χ2v) is 5.92. The zero-order chi connectivity index (χ0) is 12.9. The summed E-state index contributed by atoms with van der Waals surface area (Å²) in [6, 6.07) is 10.1. The quantitative estimate of drug-likeness (QED) is 0.842. The van der Waals surface area contributed by atoms with E-state index in [1.54, 1.807) is 0 Å². The Balaban J connectivity index is 2.67. The Morgan fingerprint density at radius 3 is 2.29 bits per heavy atom. The van der Waals surface area contributed by atoms with Crippen molar-refractivity contribution in [1.82, 2.24) is 0 Å². The average molecular weight is 234 g/mol. The van der Waals surface area contributed by atoms with E-state index in [4.69, 9.17) is 5.11 Å². The van der Waals surface area contributed by atoms with Gasteiger partial charge in [0.1, 0.15) is 0 Å². The predicted molar refractivity (Wildman–Crippen MR) is 70.0 cm³/mol. The van der Waals surface area contributed by atoms with Gasteiger partial charge < -0.3 is 5.11 Å². The molecule has 0 heterocycles. The van der Waals surface area contributed by atoms with Crippen molar-refractivity contribution in [3.8, 4) is 0 Å². The maximum Gasteiger partial charge on any atom is 0.303 e. The molecule has 0 radical (unpaired) electrons. The van der Waals surface area contributed by atoms with Gasteiger partial charge in [-0.1, -0.05) is 51.1 Å². The normalized spacial score (nSPS) is 13.4. The van der Waals surface area contributed by atoms with Gasteiger partial charge in [0.2, 0.25) is 0 Å². The fraction of sp³-hybridized carbons (Fsp3) is 0.533. The number of carboxylic acid groups (broad SMARTS) is 1. The van der Waals surface area contributed by atoms with Gasteiger partial charge in [0.15, 0.2) is 0 Å². The zero-order valence-corrected chi connectivity index (χ0v) is 10.9. The van der Waals surface area contributed by atoms with E-state index in [2.05, 4.69) is 32.9 Å². The third-order valence-corrected chi connectivity index (χ3v) is 2.73. The molecule has 1 aromatic carbocycles. The van der Waals surface area contributed by atoms with Crippen LogP contribution in [0, 0.1) is 11.3 Å². The predicted octanol–water partition coefficient (Wildman–Crippen LogP) is 3.76. The molecule has 0 saturated carbocycles. The zero-order valence-electron chi connectivity index (χ0n) is 10.9. The Labute approximate surface area is 104 Å². The van der Waals surface area contributed by atoms with Crippen molar-refractivity contribution >= 4 is 5.97 Å². The van der Waals surface area contributed by atoms with E-state index in [0.717, 1.165) is 12.8 Å². The van der Waals surface area contributed by atoms with Crippen LogP contribution in [0.25, 0.3) is 0 Å². The maximum atomic E-state index is 10.9. The monoisotopic (exact) mass is 234 g/mol. The molecule has 0 spiro atoms. The van der Waals surface area contributed by atoms with Gasteiger partial charge in [-0.25, -0.2) is 0 Å². The van der Waals surface area contributed by atoms with E-state index in [0.29, 0.717) is 0 Å². The molecule has 17 heavy (non-hydrogen) atoms. The summed E-state index contributed by atoms with van der Waals surface area (Å²) in [5, 5.41) is 8.96. The fourth-order valence-electron chi connectivity index (χ4n) is 2.28. The molecule has 0 aliphatic carbocycles. The molecule has 0 saturated heterocycles. The SMILES string of the molecule is CC(C)(C)C[C@H](CC(=O)O)Cc1ccccc1. The van der Waals surface area contributed by atoms with Crippen molar-refractivity contribution in [2.45, 2.75) is 40.0 Å². The minimum Gasteiger partial charge on any atom is -0.481 e. The summed E-state index contributed by atoms with van der Waals surface area (Å²) in [5.41, 5.74) is 1.40. The summed E-state index contributed by atoms with van der Waals surface area (Å²) in [5.74, 6) is -0.481. The van der Waals surface area contributed by atoms with Crippen LogP contribution in [-0.2, 0) is 11.2 Å². The molecule has 0 aromatic heterocycles. The molecule has 0 fully saturated rings. The number of carbonyl (C=O) groups is 1. The summed E-state index contributed by atoms with van der Waals surface area (Å²) in [6.45, 7) is 6.48. The molecule has 1 N–H and O–H groups in total. The lowest BCUT2D eigenvalue weighted by Gasteiger charge is -2.25. The number of hydrogen-bond acceptors (Lipinski definition) is 1. The van der Waals surface area contributed by atoms with Gasteiger partial charge in [-0.2, -0.15) is 0 Å². The second-order valence-electron chi connectivity index (χ2n) is 5.92. The summed E-state index contributed by atoms with van der Waals surface area (Å²) >= 11 is 0. The Hall–Kier alpha value is -1.31. The Kier molecular flexibility index (Phi) is 4.73. The largest absolute Gasteiger partial charge is 0.481 e. The average Bonchev–Trinajstić information content (AvgIpc) is 2.15. The molecule has 0 aliphatic heterocycles. The molecule has 0 amide bonds. The fourth-order valence-corrected chi connectivity index (χ4v) is 2.28. The minimum atomic E-state index is -0.699. The van der Waals surface area contributed by atoms with Crippen molar-refractivity contribution in [2.75, 3.05) is 0 Å². The molecular weight excluding hydrogens is 212 g/mol. The maximum absolute atomic E-state index is 10.9. The van der Waals surface area contributed by atoms with Gasteiger partial charge in [0.25, 0.3) is 0 Å². The molecular formula is C15H22O2. The summed E-state index contributed by atoms with van der Waals surface area (Å²) in [4.78, 5) is 10.9. The first-order valence-corrected chi connectivity index (χ1v) is 6.12. The van der Waals surface area contributed by atoms with Gasteiger partial charge in [0.05, 0.1) is 0 Å². The van der Waals surface area contributed by atoms with Crippen LogP contribution in [-0.4, -0.2) is 11.1 Å². The number of rotatable bonds is 5. The standard InChI is InChI=1S/C15H22O2/c1-15(2,3)11-13(10-14(16)17)9-12-7-5-4-6-8-12/h4-8,13H,9-11H2,1-3H3,(H,16,17)/t13-/m0/s1. The van der Waals surface area contributed by atoms with Crippen LogP contribution in [0.15, 0.2) is 30.3 Å². The van der Waals surface area contributed by atoms with Crippen molar-refractivity contribution in [3.63, 3.8) is 0 Å². The minimum absolute atomic E-state index is 0.175. The number of benzene rings is 1. The number of carboxylic acids is 1. The van der Waals surface area contributed by atoms with Gasteiger partial charge in [0, 0.05) is 6.42 Å². The van der Waals surface area contributed by atoms with Gasteiger partial charge in [-0.15, -0.1) is 0 Å². The second kappa shape index (κ2) is 5.85. The summed E-state index contributed by atoms with van der Waals surface area (Å²) in [7, 11) is 0. The Morgan fingerprint density at radius 1 is 1.24 bits per heavy atom. The number of aliphatic carboxylic acids is 1. The third kappa shape index (κ3) is 6.10. The molecule has 1 rings (SSSR count). The Morgan fingerprint density at radius 2 is 1.82 bits per heavy atom. The van der Waals surface area contributed by atoms with Gasteiger partial charge in [-0.3, -0.25) is 4.79 Å². The molecule has 0 bridgehead atoms. The van der Waals surface area contributed by atoms with Crippen molar-refractivity contribution in [3.05, 3.63) is 35.9 Å². The molecule has 2 heteroatoms. The van der Waals surface area contributed by atoms with Gasteiger partial charge >= 0.3 is 5.97 Å². The highest BCUT2D eigenvalue weighted by Gasteiger charge is 2.21. The van der Waals surface area contributed by atoms with Crippen LogP contribution in [0.3, 0.4) is 0 Å². The number of hydrogen-bond donors (Lipinski definition) is 1. The topological polar surface area (TPSA) is 37.3 Å². The van der Waals surface area contributed by atoms with E-state index in [1.165, 1.54) is 5.56 Å². The molecule has 0 aliphatic rings. The van der Waals surface area contributed by atoms with Crippen LogP contribution in [0.1, 0.15) is 39.2 Å². The van der Waals surface area contributed by atoms with Crippen molar-refractivity contribution in [2.24, 2.45) is 11.3 Å². The highest BCUT2D eigenvalue weighted by molar-refractivity contribution is 5.67. The lowest BCUT2D eigenvalue weighted by atomic mass is 9.80. The van der Waals surface area contributed by atoms with Crippen LogP contribution < -0.4 is 0 Å². The van der Waals surface area contributed by atoms with E-state index < -0.39 is 5.97 Å². The highest BCUT2D eigenvalue weighted by Crippen LogP contribution is 2.28. The van der Waals surface area contributed by atoms with Crippen molar-refractivity contribution < 1.29 is 9.90 Å². The smallest absolute Gasteiger partial charge is 0.303 e. The first-order chi connectivity index (χ1) is 7.87. The lowest BCUT2D eigenvalue weighted by molar-refractivity contribution is -0.138. The highest BCUT2D eigenvalue weighted by atomic mass is 16.4. The van der Waals surface area contributed by atoms with E-state index in [9.17, 15) is 4.79 Å². The first-order valence-electron chi connectivity index (χ1n) is 6.12. The lowest BCUT2D eigenvalue weighted by Crippen LogP contribution is -2.18. The van der Waals surface area contributed by atoms with Crippen LogP contribution in [0.5, 0.6) is 0 Å². The molecule has 1 aromatic rings. The van der Waals surface area contributed by atoms with Crippen LogP contribution in [0.2, 0.25) is 0 Å². The van der Waals surface area contributed by atoms with E-state index in [-0.39, 0.29) is 17.8 Å². The molecule has 2 nitrogen and oxygen atoms in total. The molecule has 0 unspecified atom stereocenters. The Bertz CT molecular complexity index is 349. The first kappa shape index (κ1) is 13.8. The van der Waals surface area contributed by atoms with Crippen LogP contribution >= 0.6 is 0 Å². The summed E-state index contributed by atoms with van der Waals surface area (Å²) in [6.07, 6.45) is 2.05. The summed E-state index contributed by atoms with van der Waals surface area (Å²) < 4.78 is 0. The third-order valence-electron chi connectivity index (χ3n) is 2.73. The van der Waals surface area contributed by atoms with E-state index in [1.807, 2.05) is 18.2 Å². The van der Waals surface area contributed by atoms with E-state index >= 15 is 0 Å². The molecule has 1 atom stereocenters. The van der Waals surface area contributed by atoms with Crippen LogP contribution in [0.4, 0.5) is 0 Å². The van der Waals surface area contributed by atoms with Crippen molar-refractivity contribution in [1.29, 1.82) is 0 Å². The molecule has 94 valence electrons.